The van der Waals surface area contributed by atoms with Crippen LogP contribution in [0.5, 0.6) is 0 Å². The maximum Gasteiger partial charge on any atom is 0.0841 e. The smallest absolute Gasteiger partial charge is 0.0841 e. The van der Waals surface area contributed by atoms with Crippen molar-refractivity contribution in [3.05, 3.63) is 0 Å². The van der Waals surface area contributed by atoms with Crippen LogP contribution in [0.2, 0.25) is 0 Å². The van der Waals surface area contributed by atoms with Gasteiger partial charge in [-0.3, -0.25) is 4.90 Å². The zero-order valence-corrected chi connectivity index (χ0v) is 12.0. The summed E-state index contributed by atoms with van der Waals surface area (Å²) in [6, 6.07) is 0.213. The maximum atomic E-state index is 10.8. The van der Waals surface area contributed by atoms with E-state index in [1.807, 2.05) is 0 Å². The molecule has 4 fully saturated rings. The Hall–Kier alpha value is -0.120. The van der Waals surface area contributed by atoms with Gasteiger partial charge in [-0.1, -0.05) is 6.42 Å². The zero-order chi connectivity index (χ0) is 13.0. The molecule has 4 aliphatic rings. The lowest BCUT2D eigenvalue weighted by Crippen LogP contribution is -2.72. The standard InChI is InChI=1S/C15H27NO2/c1-14(2)11-7-8-15(3,18-14)13(12(11)17)16-9-5-4-6-10-16/h11-13,17H,4-10H2,1-3H3. The van der Waals surface area contributed by atoms with Gasteiger partial charge in [-0.25, -0.2) is 0 Å². The van der Waals surface area contributed by atoms with Crippen LogP contribution in [0.25, 0.3) is 0 Å². The summed E-state index contributed by atoms with van der Waals surface area (Å²) in [6.45, 7) is 8.77. The first-order valence-corrected chi connectivity index (χ1v) is 7.56. The summed E-state index contributed by atoms with van der Waals surface area (Å²) in [5, 5.41) is 10.8. The molecule has 0 amide bonds. The molecule has 0 radical (unpaired) electrons. The number of hydrogen-bond donors (Lipinski definition) is 1. The molecule has 3 saturated heterocycles. The highest BCUT2D eigenvalue weighted by Crippen LogP contribution is 2.51. The van der Waals surface area contributed by atoms with E-state index >= 15 is 0 Å². The Morgan fingerprint density at radius 3 is 2.33 bits per heavy atom. The Bertz CT molecular complexity index is 324. The Morgan fingerprint density at radius 2 is 1.78 bits per heavy atom. The van der Waals surface area contributed by atoms with Gasteiger partial charge < -0.3 is 9.84 Å². The molecule has 4 unspecified atom stereocenters. The van der Waals surface area contributed by atoms with Crippen molar-refractivity contribution in [3.63, 3.8) is 0 Å². The van der Waals surface area contributed by atoms with Crippen LogP contribution in [-0.4, -0.2) is 46.4 Å². The number of aliphatic hydroxyl groups is 1. The molecule has 0 aromatic carbocycles. The van der Waals surface area contributed by atoms with Crippen molar-refractivity contribution in [2.75, 3.05) is 13.1 Å². The number of rotatable bonds is 1. The van der Waals surface area contributed by atoms with E-state index in [0.29, 0.717) is 5.92 Å². The van der Waals surface area contributed by atoms with E-state index in [0.717, 1.165) is 25.9 Å². The minimum Gasteiger partial charge on any atom is -0.391 e. The predicted octanol–water partition coefficient (Wildman–Crippen LogP) is 2.18. The Balaban J connectivity index is 1.87. The third-order valence-electron chi connectivity index (χ3n) is 5.49. The molecule has 0 aromatic rings. The van der Waals surface area contributed by atoms with Crippen molar-refractivity contribution in [1.29, 1.82) is 0 Å². The zero-order valence-electron chi connectivity index (χ0n) is 12.0. The molecule has 104 valence electrons. The molecule has 18 heavy (non-hydrogen) atoms. The average molecular weight is 253 g/mol. The van der Waals surface area contributed by atoms with Gasteiger partial charge in [-0.15, -0.1) is 0 Å². The monoisotopic (exact) mass is 253 g/mol. The Morgan fingerprint density at radius 1 is 1.11 bits per heavy atom. The molecule has 1 aliphatic carbocycles. The summed E-state index contributed by atoms with van der Waals surface area (Å²) in [7, 11) is 0. The number of fused-ring (bicyclic) bond motifs is 3. The number of aliphatic hydroxyl groups excluding tert-OH is 1. The van der Waals surface area contributed by atoms with E-state index in [1.165, 1.54) is 19.3 Å². The van der Waals surface area contributed by atoms with Gasteiger partial charge >= 0.3 is 0 Å². The van der Waals surface area contributed by atoms with Crippen LogP contribution in [0.3, 0.4) is 0 Å². The van der Waals surface area contributed by atoms with Crippen molar-refractivity contribution in [2.24, 2.45) is 5.92 Å². The summed E-state index contributed by atoms with van der Waals surface area (Å²) in [5.74, 6) is 0.297. The molecule has 3 aliphatic heterocycles. The van der Waals surface area contributed by atoms with Gasteiger partial charge in [0.15, 0.2) is 0 Å². The SMILES string of the molecule is CC1(C)OC2(C)CCC1C(O)C2N1CCCCC1. The van der Waals surface area contributed by atoms with E-state index in [4.69, 9.17) is 4.74 Å². The molecule has 1 N–H and O–H groups in total. The maximum absolute atomic E-state index is 10.8. The highest BCUT2D eigenvalue weighted by Gasteiger charge is 2.60. The van der Waals surface area contributed by atoms with E-state index < -0.39 is 0 Å². The molecular weight excluding hydrogens is 226 g/mol. The normalized spacial score (nSPS) is 48.3. The number of piperidine rings is 1. The van der Waals surface area contributed by atoms with Crippen LogP contribution in [0.15, 0.2) is 0 Å². The Labute approximate surface area is 110 Å². The van der Waals surface area contributed by atoms with E-state index in [1.54, 1.807) is 0 Å². The van der Waals surface area contributed by atoms with Gasteiger partial charge in [-0.2, -0.15) is 0 Å². The number of hydrogen-bond acceptors (Lipinski definition) is 3. The first-order chi connectivity index (χ1) is 8.44. The van der Waals surface area contributed by atoms with Gasteiger partial charge in [0.1, 0.15) is 0 Å². The molecular formula is C15H27NO2. The highest BCUT2D eigenvalue weighted by molar-refractivity contribution is 5.11. The summed E-state index contributed by atoms with van der Waals surface area (Å²) in [6.07, 6.45) is 5.87. The van der Waals surface area contributed by atoms with E-state index in [9.17, 15) is 5.11 Å². The van der Waals surface area contributed by atoms with Gasteiger partial charge in [-0.05, 0) is 59.5 Å². The first-order valence-electron chi connectivity index (χ1n) is 7.56. The second kappa shape index (κ2) is 4.19. The fourth-order valence-electron chi connectivity index (χ4n) is 4.69. The van der Waals surface area contributed by atoms with Crippen molar-refractivity contribution in [3.8, 4) is 0 Å². The first kappa shape index (κ1) is 12.9. The van der Waals surface area contributed by atoms with E-state index in [2.05, 4.69) is 25.7 Å². The minimum atomic E-state index is -0.217. The lowest BCUT2D eigenvalue weighted by molar-refractivity contribution is -0.296. The van der Waals surface area contributed by atoms with Crippen LogP contribution < -0.4 is 0 Å². The van der Waals surface area contributed by atoms with Gasteiger partial charge in [0, 0.05) is 5.92 Å². The van der Waals surface area contributed by atoms with Gasteiger partial charge in [0.25, 0.3) is 0 Å². The second-order valence-corrected chi connectivity index (χ2v) is 7.20. The fourth-order valence-corrected chi connectivity index (χ4v) is 4.69. The quantitative estimate of drug-likeness (QED) is 0.777. The number of ether oxygens (including phenoxy) is 1. The molecule has 4 atom stereocenters. The van der Waals surface area contributed by atoms with Crippen molar-refractivity contribution in [2.45, 2.75) is 76.2 Å². The van der Waals surface area contributed by atoms with Crippen LogP contribution in [0.4, 0.5) is 0 Å². The third-order valence-corrected chi connectivity index (χ3v) is 5.49. The lowest BCUT2D eigenvalue weighted by atomic mass is 9.63. The van der Waals surface area contributed by atoms with Crippen LogP contribution in [0.1, 0.15) is 52.9 Å². The summed E-state index contributed by atoms with van der Waals surface area (Å²) in [5.41, 5.74) is -0.326. The van der Waals surface area contributed by atoms with Crippen LogP contribution >= 0.6 is 0 Å². The molecule has 1 saturated carbocycles. The fraction of sp³-hybridized carbons (Fsp3) is 1.00. The average Bonchev–Trinajstić information content (AvgIpc) is 2.27. The van der Waals surface area contributed by atoms with Crippen molar-refractivity contribution < 1.29 is 9.84 Å². The number of nitrogens with zero attached hydrogens (tertiary/aromatic N) is 1. The third kappa shape index (κ3) is 1.83. The topological polar surface area (TPSA) is 32.7 Å². The molecule has 3 heteroatoms. The van der Waals surface area contributed by atoms with Gasteiger partial charge in [0.2, 0.25) is 0 Å². The molecule has 0 spiro atoms. The summed E-state index contributed by atoms with van der Waals surface area (Å²) in [4.78, 5) is 2.50. The van der Waals surface area contributed by atoms with Crippen molar-refractivity contribution in [1.82, 2.24) is 4.90 Å². The Kier molecular flexibility index (Phi) is 3.00. The predicted molar refractivity (Wildman–Crippen MR) is 71.5 cm³/mol. The molecule has 2 bridgehead atoms. The summed E-state index contributed by atoms with van der Waals surface area (Å²) >= 11 is 0. The number of likely N-dealkylation sites (tertiary alicyclic amines) is 1. The largest absolute Gasteiger partial charge is 0.391 e. The van der Waals surface area contributed by atoms with Crippen LogP contribution in [0, 0.1) is 5.92 Å². The van der Waals surface area contributed by atoms with E-state index in [-0.39, 0.29) is 23.3 Å². The molecule has 4 rings (SSSR count). The van der Waals surface area contributed by atoms with Gasteiger partial charge in [0.05, 0.1) is 23.3 Å². The molecule has 3 heterocycles. The lowest BCUT2D eigenvalue weighted by Gasteiger charge is -2.62. The molecule has 0 aromatic heterocycles. The minimum absolute atomic E-state index is 0.158. The van der Waals surface area contributed by atoms with Crippen molar-refractivity contribution >= 4 is 0 Å². The van der Waals surface area contributed by atoms with Crippen LogP contribution in [-0.2, 0) is 4.74 Å². The second-order valence-electron chi connectivity index (χ2n) is 7.20. The molecule has 3 nitrogen and oxygen atoms in total. The summed E-state index contributed by atoms with van der Waals surface area (Å²) < 4.78 is 6.39. The highest BCUT2D eigenvalue weighted by atomic mass is 16.5.